The van der Waals surface area contributed by atoms with Crippen molar-refractivity contribution in [1.82, 2.24) is 9.55 Å². The largest absolute Gasteiger partial charge is 0.394 e. The van der Waals surface area contributed by atoms with Gasteiger partial charge in [-0.2, -0.15) is 0 Å². The molecule has 1 atom stereocenters. The second-order valence-corrected chi connectivity index (χ2v) is 3.92. The Morgan fingerprint density at radius 3 is 3.00 bits per heavy atom. The normalized spacial score (nSPS) is 13.3. The highest BCUT2D eigenvalue weighted by atomic mass is 35.5. The van der Waals surface area contributed by atoms with Crippen LogP contribution in [0.5, 0.6) is 0 Å². The number of nitrogens with two attached hydrogens (primary N) is 1. The van der Waals surface area contributed by atoms with Crippen LogP contribution in [0.25, 0.3) is 11.0 Å². The zero-order chi connectivity index (χ0) is 11.0. The van der Waals surface area contributed by atoms with Crippen molar-refractivity contribution in [3.8, 4) is 0 Å². The second-order valence-electron chi connectivity index (χ2n) is 3.52. The van der Waals surface area contributed by atoms with Crippen molar-refractivity contribution in [3.63, 3.8) is 0 Å². The highest BCUT2D eigenvalue weighted by Crippen LogP contribution is 2.26. The van der Waals surface area contributed by atoms with Gasteiger partial charge in [0.15, 0.2) is 0 Å². The number of imidazole rings is 1. The van der Waals surface area contributed by atoms with E-state index in [1.54, 1.807) is 12.4 Å². The van der Waals surface area contributed by atoms with Crippen LogP contribution in [-0.2, 0) is 7.05 Å². The Labute approximate surface area is 92.3 Å². The topological polar surface area (TPSA) is 64.1 Å². The smallest absolute Gasteiger partial charge is 0.0956 e. The Balaban J connectivity index is 2.63. The maximum Gasteiger partial charge on any atom is 0.0956 e. The third-order valence-electron chi connectivity index (χ3n) is 2.41. The summed E-state index contributed by atoms with van der Waals surface area (Å²) in [4.78, 5) is 4.20. The Bertz CT molecular complexity index is 495. The second kappa shape index (κ2) is 3.81. The molecule has 5 heteroatoms. The molecule has 0 amide bonds. The third kappa shape index (κ3) is 1.71. The van der Waals surface area contributed by atoms with E-state index in [4.69, 9.17) is 22.4 Å². The van der Waals surface area contributed by atoms with Crippen LogP contribution in [0.15, 0.2) is 18.5 Å². The number of fused-ring (bicyclic) bond motifs is 1. The number of aryl methyl sites for hydroxylation is 1. The van der Waals surface area contributed by atoms with Gasteiger partial charge in [-0.15, -0.1) is 0 Å². The van der Waals surface area contributed by atoms with Crippen LogP contribution in [0.1, 0.15) is 11.6 Å². The zero-order valence-corrected chi connectivity index (χ0v) is 9.07. The molecule has 0 saturated carbocycles. The van der Waals surface area contributed by atoms with E-state index >= 15 is 0 Å². The van der Waals surface area contributed by atoms with Crippen molar-refractivity contribution < 1.29 is 5.11 Å². The van der Waals surface area contributed by atoms with E-state index < -0.39 is 6.04 Å². The molecule has 0 aliphatic carbocycles. The number of aromatic nitrogens is 2. The summed E-state index contributed by atoms with van der Waals surface area (Å²) < 4.78 is 1.85. The van der Waals surface area contributed by atoms with Gasteiger partial charge in [-0.3, -0.25) is 0 Å². The lowest BCUT2D eigenvalue weighted by Crippen LogP contribution is -2.14. The molecule has 0 saturated heterocycles. The molecular weight excluding hydrogens is 214 g/mol. The van der Waals surface area contributed by atoms with E-state index in [9.17, 15) is 0 Å². The van der Waals surface area contributed by atoms with Crippen molar-refractivity contribution in [1.29, 1.82) is 0 Å². The third-order valence-corrected chi connectivity index (χ3v) is 2.70. The number of nitrogens with zero attached hydrogens (tertiary/aromatic N) is 2. The maximum absolute atomic E-state index is 8.96. The van der Waals surface area contributed by atoms with Gasteiger partial charge in [-0.05, 0) is 17.7 Å². The van der Waals surface area contributed by atoms with E-state index in [2.05, 4.69) is 4.98 Å². The quantitative estimate of drug-likeness (QED) is 0.808. The van der Waals surface area contributed by atoms with Gasteiger partial charge >= 0.3 is 0 Å². The fraction of sp³-hybridized carbons (Fsp3) is 0.300. The van der Waals surface area contributed by atoms with Crippen molar-refractivity contribution in [3.05, 3.63) is 29.0 Å². The fourth-order valence-electron chi connectivity index (χ4n) is 1.58. The molecule has 1 aromatic carbocycles. The number of benzene rings is 1. The lowest BCUT2D eigenvalue weighted by Gasteiger charge is -2.09. The molecular formula is C10H12ClN3O. The molecule has 2 rings (SSSR count). The van der Waals surface area contributed by atoms with E-state index in [1.807, 2.05) is 17.7 Å². The summed E-state index contributed by atoms with van der Waals surface area (Å²) in [6.07, 6.45) is 1.70. The van der Waals surface area contributed by atoms with Crippen LogP contribution < -0.4 is 5.73 Å². The number of aliphatic hydroxyl groups is 1. The van der Waals surface area contributed by atoms with Crippen molar-refractivity contribution >= 4 is 22.6 Å². The molecule has 15 heavy (non-hydrogen) atoms. The molecule has 0 aliphatic heterocycles. The summed E-state index contributed by atoms with van der Waals surface area (Å²) in [5, 5.41) is 9.57. The van der Waals surface area contributed by atoms with Crippen LogP contribution >= 0.6 is 11.6 Å². The first-order valence-corrected chi connectivity index (χ1v) is 4.98. The minimum absolute atomic E-state index is 0.103. The molecule has 3 N–H and O–H groups in total. The lowest BCUT2D eigenvalue weighted by atomic mass is 10.1. The predicted octanol–water partition coefficient (Wildman–Crippen LogP) is 1.22. The first-order valence-electron chi connectivity index (χ1n) is 4.60. The SMILES string of the molecule is Cn1cnc2cc(C(N)CO)cc(Cl)c21. The molecule has 0 bridgehead atoms. The molecule has 1 aromatic heterocycles. The van der Waals surface area contributed by atoms with Gasteiger partial charge in [0.2, 0.25) is 0 Å². The van der Waals surface area contributed by atoms with E-state index in [1.165, 1.54) is 0 Å². The predicted molar refractivity (Wildman–Crippen MR) is 59.7 cm³/mol. The molecule has 0 fully saturated rings. The van der Waals surface area contributed by atoms with Crippen LogP contribution in [-0.4, -0.2) is 21.3 Å². The van der Waals surface area contributed by atoms with Crippen molar-refractivity contribution in [2.75, 3.05) is 6.61 Å². The Morgan fingerprint density at radius 1 is 1.60 bits per heavy atom. The van der Waals surface area contributed by atoms with Gasteiger partial charge in [-0.1, -0.05) is 11.6 Å². The average molecular weight is 226 g/mol. The number of aliphatic hydroxyl groups excluding tert-OH is 1. The standard InChI is InChI=1S/C10H12ClN3O/c1-14-5-13-9-3-6(8(12)4-15)2-7(11)10(9)14/h2-3,5,8,15H,4,12H2,1H3. The zero-order valence-electron chi connectivity index (χ0n) is 8.31. The van der Waals surface area contributed by atoms with Crippen molar-refractivity contribution in [2.24, 2.45) is 12.8 Å². The highest BCUT2D eigenvalue weighted by molar-refractivity contribution is 6.35. The van der Waals surface area contributed by atoms with Crippen molar-refractivity contribution in [2.45, 2.75) is 6.04 Å². The number of hydrogen-bond donors (Lipinski definition) is 2. The molecule has 80 valence electrons. The maximum atomic E-state index is 8.96. The minimum Gasteiger partial charge on any atom is -0.394 e. The summed E-state index contributed by atoms with van der Waals surface area (Å²) in [5.41, 5.74) is 8.19. The average Bonchev–Trinajstić information content (AvgIpc) is 2.59. The van der Waals surface area contributed by atoms with Gasteiger partial charge in [0, 0.05) is 7.05 Å². The number of hydrogen-bond acceptors (Lipinski definition) is 3. The Kier molecular flexibility index (Phi) is 2.65. The van der Waals surface area contributed by atoms with E-state index in [-0.39, 0.29) is 6.61 Å². The first kappa shape index (κ1) is 10.4. The molecule has 0 radical (unpaired) electrons. The van der Waals surface area contributed by atoms with Gasteiger partial charge in [0.1, 0.15) is 0 Å². The van der Waals surface area contributed by atoms with E-state index in [0.29, 0.717) is 5.02 Å². The van der Waals surface area contributed by atoms with Crippen LogP contribution in [0.4, 0.5) is 0 Å². The summed E-state index contributed by atoms with van der Waals surface area (Å²) >= 11 is 6.11. The molecule has 1 heterocycles. The monoisotopic (exact) mass is 225 g/mol. The lowest BCUT2D eigenvalue weighted by molar-refractivity contribution is 0.268. The van der Waals surface area contributed by atoms with Crippen LogP contribution in [0, 0.1) is 0 Å². The first-order chi connectivity index (χ1) is 7.13. The molecule has 0 aliphatic rings. The van der Waals surface area contributed by atoms with Crippen LogP contribution in [0.3, 0.4) is 0 Å². The summed E-state index contributed by atoms with van der Waals surface area (Å²) in [7, 11) is 1.88. The highest BCUT2D eigenvalue weighted by Gasteiger charge is 2.11. The van der Waals surface area contributed by atoms with E-state index in [0.717, 1.165) is 16.6 Å². The summed E-state index contributed by atoms with van der Waals surface area (Å²) in [5.74, 6) is 0. The summed E-state index contributed by atoms with van der Waals surface area (Å²) in [6, 6.07) is 3.21. The fourth-order valence-corrected chi connectivity index (χ4v) is 1.93. The Hall–Kier alpha value is -1.10. The number of rotatable bonds is 2. The molecule has 2 aromatic rings. The molecule has 1 unspecified atom stereocenters. The van der Waals surface area contributed by atoms with Gasteiger partial charge in [-0.25, -0.2) is 4.98 Å². The summed E-state index contributed by atoms with van der Waals surface area (Å²) in [6.45, 7) is -0.103. The van der Waals surface area contributed by atoms with Crippen LogP contribution in [0.2, 0.25) is 5.02 Å². The minimum atomic E-state index is -0.408. The van der Waals surface area contributed by atoms with Gasteiger partial charge in [0.05, 0.1) is 35.0 Å². The van der Waals surface area contributed by atoms with Gasteiger partial charge < -0.3 is 15.4 Å². The molecule has 0 spiro atoms. The molecule has 4 nitrogen and oxygen atoms in total. The number of halogens is 1. The Morgan fingerprint density at radius 2 is 2.33 bits per heavy atom. The van der Waals surface area contributed by atoms with Gasteiger partial charge in [0.25, 0.3) is 0 Å².